The lowest BCUT2D eigenvalue weighted by Gasteiger charge is -2.34. The van der Waals surface area contributed by atoms with E-state index >= 15 is 0 Å². The van der Waals surface area contributed by atoms with Crippen LogP contribution in [0.25, 0.3) is 0 Å². The zero-order valence-corrected chi connectivity index (χ0v) is 14.9. The molecule has 1 aliphatic heterocycles. The number of ether oxygens (including phenoxy) is 1. The number of rotatable bonds is 2. The van der Waals surface area contributed by atoms with Gasteiger partial charge in [0.1, 0.15) is 13.8 Å². The molecule has 1 heterocycles. The first-order valence-corrected chi connectivity index (χ1v) is 11.0. The number of likely N-dealkylation sites (N-methyl/N-ethyl adjacent to an activating group) is 1. The molecule has 0 spiro atoms. The van der Waals surface area contributed by atoms with E-state index in [-0.39, 0.29) is 0 Å². The largest absolute Gasteiger partial charge is 0.495 e. The predicted molar refractivity (Wildman–Crippen MR) is 92.9 cm³/mol. The minimum atomic E-state index is -1.38. The highest BCUT2D eigenvalue weighted by Gasteiger charge is 2.15. The van der Waals surface area contributed by atoms with Gasteiger partial charge < -0.3 is 14.5 Å². The van der Waals surface area contributed by atoms with Crippen molar-refractivity contribution in [2.24, 2.45) is 0 Å². The van der Waals surface area contributed by atoms with Crippen LogP contribution in [-0.2, 0) is 0 Å². The van der Waals surface area contributed by atoms with Crippen LogP contribution in [0.4, 0.5) is 5.69 Å². The maximum absolute atomic E-state index is 5.46. The molecule has 0 aromatic heterocycles. The number of hydrogen-bond donors (Lipinski definition) is 0. The monoisotopic (exact) mass is 302 g/mol. The standard InChI is InChI=1S/C17H26N2OSi/c1-18-9-11-19(12-10-18)16-6-7-17(20-2)15(14-16)8-13-21(3,4)5/h6-7,14H,9-12H2,1-5H3. The van der Waals surface area contributed by atoms with Crippen LogP contribution in [0.5, 0.6) is 5.75 Å². The average Bonchev–Trinajstić information content (AvgIpc) is 2.45. The maximum atomic E-state index is 5.46. The summed E-state index contributed by atoms with van der Waals surface area (Å²) < 4.78 is 5.46. The van der Waals surface area contributed by atoms with Crippen LogP contribution in [0.1, 0.15) is 5.56 Å². The third kappa shape index (κ3) is 4.52. The minimum Gasteiger partial charge on any atom is -0.495 e. The third-order valence-electron chi connectivity index (χ3n) is 3.62. The molecule has 0 unspecified atom stereocenters. The first-order chi connectivity index (χ1) is 9.89. The van der Waals surface area contributed by atoms with Crippen LogP contribution in [-0.4, -0.2) is 53.3 Å². The van der Waals surface area contributed by atoms with Crippen LogP contribution in [0.15, 0.2) is 18.2 Å². The number of piperazine rings is 1. The summed E-state index contributed by atoms with van der Waals surface area (Å²) in [7, 11) is 2.51. The fraction of sp³-hybridized carbons (Fsp3) is 0.529. The van der Waals surface area contributed by atoms with Crippen molar-refractivity contribution in [3.8, 4) is 17.2 Å². The molecule has 0 saturated carbocycles. The molecule has 0 radical (unpaired) electrons. The zero-order valence-electron chi connectivity index (χ0n) is 13.9. The van der Waals surface area contributed by atoms with Crippen molar-refractivity contribution < 1.29 is 4.74 Å². The summed E-state index contributed by atoms with van der Waals surface area (Å²) in [6.07, 6.45) is 0. The second kappa shape index (κ2) is 6.55. The van der Waals surface area contributed by atoms with Crippen molar-refractivity contribution in [1.82, 2.24) is 4.90 Å². The number of methoxy groups -OCH3 is 1. The van der Waals surface area contributed by atoms with E-state index in [0.29, 0.717) is 0 Å². The van der Waals surface area contributed by atoms with Crippen LogP contribution in [0.2, 0.25) is 19.6 Å². The Bertz CT molecular complexity index is 546. The highest BCUT2D eigenvalue weighted by Crippen LogP contribution is 2.25. The van der Waals surface area contributed by atoms with Gasteiger partial charge in [0.05, 0.1) is 12.7 Å². The van der Waals surface area contributed by atoms with E-state index in [2.05, 4.69) is 60.1 Å². The Kier molecular flexibility index (Phi) is 4.97. The van der Waals surface area contributed by atoms with Gasteiger partial charge in [0.2, 0.25) is 0 Å². The Morgan fingerprint density at radius 1 is 1.10 bits per heavy atom. The normalized spacial score (nSPS) is 16.3. The lowest BCUT2D eigenvalue weighted by atomic mass is 10.1. The molecule has 0 amide bonds. The Morgan fingerprint density at radius 2 is 1.76 bits per heavy atom. The molecule has 3 nitrogen and oxygen atoms in total. The molecule has 1 aromatic carbocycles. The van der Waals surface area contributed by atoms with Gasteiger partial charge in [-0.25, -0.2) is 0 Å². The van der Waals surface area contributed by atoms with Gasteiger partial charge in [0, 0.05) is 31.9 Å². The molecule has 0 bridgehead atoms. The average molecular weight is 302 g/mol. The molecule has 4 heteroatoms. The minimum absolute atomic E-state index is 0.874. The zero-order chi connectivity index (χ0) is 15.5. The lowest BCUT2D eigenvalue weighted by Crippen LogP contribution is -2.44. The van der Waals surface area contributed by atoms with Crippen LogP contribution < -0.4 is 9.64 Å². The molecule has 0 atom stereocenters. The summed E-state index contributed by atoms with van der Waals surface area (Å²) in [4.78, 5) is 4.80. The number of benzene rings is 1. The van der Waals surface area contributed by atoms with E-state index in [9.17, 15) is 0 Å². The van der Waals surface area contributed by atoms with Crippen LogP contribution >= 0.6 is 0 Å². The molecule has 21 heavy (non-hydrogen) atoms. The van der Waals surface area contributed by atoms with Crippen LogP contribution in [0, 0.1) is 11.5 Å². The predicted octanol–water partition coefficient (Wildman–Crippen LogP) is 2.68. The molecule has 1 aliphatic rings. The van der Waals surface area contributed by atoms with E-state index in [1.54, 1.807) is 7.11 Å². The van der Waals surface area contributed by atoms with E-state index < -0.39 is 8.07 Å². The Labute approximate surface area is 129 Å². The SMILES string of the molecule is COc1ccc(N2CCN(C)CC2)cc1C#C[Si](C)(C)C. The lowest BCUT2D eigenvalue weighted by molar-refractivity contribution is 0.313. The van der Waals surface area contributed by atoms with Gasteiger partial charge >= 0.3 is 0 Å². The molecule has 0 N–H and O–H groups in total. The molecule has 0 aliphatic carbocycles. The fourth-order valence-corrected chi connectivity index (χ4v) is 2.82. The quantitative estimate of drug-likeness (QED) is 0.617. The van der Waals surface area contributed by atoms with Crippen molar-refractivity contribution in [1.29, 1.82) is 0 Å². The van der Waals surface area contributed by atoms with Gasteiger partial charge in [-0.1, -0.05) is 25.6 Å². The van der Waals surface area contributed by atoms with Crippen molar-refractivity contribution in [2.45, 2.75) is 19.6 Å². The van der Waals surface area contributed by atoms with Crippen molar-refractivity contribution in [3.05, 3.63) is 23.8 Å². The molecule has 1 saturated heterocycles. The molecular weight excluding hydrogens is 276 g/mol. The van der Waals surface area contributed by atoms with E-state index in [4.69, 9.17) is 4.74 Å². The smallest absolute Gasteiger partial charge is 0.134 e. The Morgan fingerprint density at radius 3 is 2.33 bits per heavy atom. The fourth-order valence-electron chi connectivity index (χ4n) is 2.31. The Balaban J connectivity index is 2.26. The van der Waals surface area contributed by atoms with Crippen LogP contribution in [0.3, 0.4) is 0 Å². The first kappa shape index (κ1) is 15.9. The van der Waals surface area contributed by atoms with Gasteiger partial charge in [0.15, 0.2) is 0 Å². The summed E-state index contributed by atoms with van der Waals surface area (Å²) in [6.45, 7) is 11.2. The Hall–Kier alpha value is -1.44. The number of hydrogen-bond acceptors (Lipinski definition) is 3. The topological polar surface area (TPSA) is 15.7 Å². The van der Waals surface area contributed by atoms with E-state index in [1.807, 2.05) is 6.07 Å². The van der Waals surface area contributed by atoms with Gasteiger partial charge in [-0.3, -0.25) is 0 Å². The number of anilines is 1. The van der Waals surface area contributed by atoms with E-state index in [1.165, 1.54) is 5.69 Å². The van der Waals surface area contributed by atoms with Gasteiger partial charge in [-0.05, 0) is 25.2 Å². The van der Waals surface area contributed by atoms with Crippen molar-refractivity contribution in [3.63, 3.8) is 0 Å². The summed E-state index contributed by atoms with van der Waals surface area (Å²) in [5.74, 6) is 4.22. The van der Waals surface area contributed by atoms with Gasteiger partial charge in [-0.2, -0.15) is 0 Å². The summed E-state index contributed by atoms with van der Waals surface area (Å²) >= 11 is 0. The molecule has 1 fully saturated rings. The highest BCUT2D eigenvalue weighted by atomic mass is 28.3. The maximum Gasteiger partial charge on any atom is 0.134 e. The van der Waals surface area contributed by atoms with Gasteiger partial charge in [-0.15, -0.1) is 5.54 Å². The summed E-state index contributed by atoms with van der Waals surface area (Å²) in [5.41, 5.74) is 5.70. The molecule has 1 aromatic rings. The highest BCUT2D eigenvalue weighted by molar-refractivity contribution is 6.83. The second-order valence-electron chi connectivity index (χ2n) is 6.67. The van der Waals surface area contributed by atoms with Gasteiger partial charge in [0.25, 0.3) is 0 Å². The third-order valence-corrected chi connectivity index (χ3v) is 4.50. The molecular formula is C17H26N2OSi. The van der Waals surface area contributed by atoms with Crippen molar-refractivity contribution >= 4 is 13.8 Å². The first-order valence-electron chi connectivity index (χ1n) is 7.54. The van der Waals surface area contributed by atoms with E-state index in [0.717, 1.165) is 37.5 Å². The summed E-state index contributed by atoms with van der Waals surface area (Å²) in [6, 6.07) is 6.36. The molecule has 114 valence electrons. The second-order valence-corrected chi connectivity index (χ2v) is 11.4. The summed E-state index contributed by atoms with van der Waals surface area (Å²) in [5, 5.41) is 0. The number of nitrogens with zero attached hydrogens (tertiary/aromatic N) is 2. The van der Waals surface area contributed by atoms with Crippen molar-refractivity contribution in [2.75, 3.05) is 45.2 Å². The molecule has 2 rings (SSSR count).